The van der Waals surface area contributed by atoms with Gasteiger partial charge in [-0.3, -0.25) is 4.79 Å². The van der Waals surface area contributed by atoms with Crippen molar-refractivity contribution < 1.29 is 9.53 Å². The van der Waals surface area contributed by atoms with Crippen molar-refractivity contribution in [2.24, 2.45) is 5.41 Å². The fraction of sp³-hybridized carbons (Fsp3) is 0.600. The molecule has 2 N–H and O–H groups in total. The normalized spacial score (nSPS) is 10.9. The number of hydrogen-bond donors (Lipinski definition) is 2. The zero-order valence-corrected chi connectivity index (χ0v) is 11.5. The van der Waals surface area contributed by atoms with E-state index in [0.717, 1.165) is 0 Å². The van der Waals surface area contributed by atoms with Crippen molar-refractivity contribution in [3.05, 3.63) is 5.28 Å². The number of amides is 1. The number of aromatic nitrogens is 3. The van der Waals surface area contributed by atoms with Gasteiger partial charge in [0, 0.05) is 13.6 Å². The summed E-state index contributed by atoms with van der Waals surface area (Å²) in [7, 11) is 3.02. The molecular weight excluding hydrogens is 258 g/mol. The Balaban J connectivity index is 2.74. The van der Waals surface area contributed by atoms with Gasteiger partial charge in [-0.2, -0.15) is 15.0 Å². The van der Waals surface area contributed by atoms with Gasteiger partial charge >= 0.3 is 6.01 Å². The number of carbonyl (C=O) groups excluding carboxylic acids is 1. The molecule has 7 nitrogen and oxygen atoms in total. The Morgan fingerprint density at radius 3 is 2.61 bits per heavy atom. The first kappa shape index (κ1) is 14.4. The summed E-state index contributed by atoms with van der Waals surface area (Å²) in [5.74, 6) is 0.186. The Kier molecular flexibility index (Phi) is 4.66. The number of hydrogen-bond acceptors (Lipinski definition) is 6. The summed E-state index contributed by atoms with van der Waals surface area (Å²) in [4.78, 5) is 23.2. The van der Waals surface area contributed by atoms with Crippen molar-refractivity contribution >= 4 is 23.5 Å². The van der Waals surface area contributed by atoms with Gasteiger partial charge in [-0.05, 0) is 25.4 Å². The third-order valence-electron chi connectivity index (χ3n) is 2.30. The summed E-state index contributed by atoms with van der Waals surface area (Å²) in [5, 5.41) is 5.55. The maximum absolute atomic E-state index is 11.6. The van der Waals surface area contributed by atoms with Gasteiger partial charge in [0.1, 0.15) is 0 Å². The molecule has 100 valence electrons. The van der Waals surface area contributed by atoms with Crippen molar-refractivity contribution in [1.29, 1.82) is 0 Å². The Morgan fingerprint density at radius 2 is 2.06 bits per heavy atom. The molecule has 1 heterocycles. The Hall–Kier alpha value is -1.63. The molecule has 1 amide bonds. The maximum Gasteiger partial charge on any atom is 0.322 e. The quantitative estimate of drug-likeness (QED) is 0.822. The lowest BCUT2D eigenvalue weighted by atomic mass is 9.92. The fourth-order valence-corrected chi connectivity index (χ4v) is 1.37. The van der Waals surface area contributed by atoms with Crippen LogP contribution in [0.3, 0.4) is 0 Å². The van der Waals surface area contributed by atoms with Gasteiger partial charge in [0.25, 0.3) is 0 Å². The molecule has 0 unspecified atom stereocenters. The molecule has 0 fully saturated rings. The van der Waals surface area contributed by atoms with E-state index in [2.05, 4.69) is 25.6 Å². The SMILES string of the molecule is CNC(=O)C(C)(C)CNc1nc(Cl)nc(OC)n1. The van der Waals surface area contributed by atoms with E-state index in [1.165, 1.54) is 7.11 Å². The third kappa shape index (κ3) is 3.69. The van der Waals surface area contributed by atoms with Crippen molar-refractivity contribution in [1.82, 2.24) is 20.3 Å². The molecule has 18 heavy (non-hydrogen) atoms. The lowest BCUT2D eigenvalue weighted by Gasteiger charge is -2.22. The van der Waals surface area contributed by atoms with Gasteiger partial charge in [0.2, 0.25) is 17.1 Å². The molecule has 0 aliphatic carbocycles. The Morgan fingerprint density at radius 1 is 1.39 bits per heavy atom. The molecular formula is C10H16ClN5O2. The summed E-state index contributed by atoms with van der Waals surface area (Å²) in [6.07, 6.45) is 0. The fourth-order valence-electron chi connectivity index (χ4n) is 1.22. The van der Waals surface area contributed by atoms with Crippen LogP contribution < -0.4 is 15.4 Å². The highest BCUT2D eigenvalue weighted by Crippen LogP contribution is 2.17. The van der Waals surface area contributed by atoms with Crippen molar-refractivity contribution in [3.8, 4) is 6.01 Å². The number of methoxy groups -OCH3 is 1. The van der Waals surface area contributed by atoms with Crippen molar-refractivity contribution in [2.45, 2.75) is 13.8 Å². The van der Waals surface area contributed by atoms with Gasteiger partial charge < -0.3 is 15.4 Å². The minimum atomic E-state index is -0.596. The van der Waals surface area contributed by atoms with Crippen molar-refractivity contribution in [2.75, 3.05) is 26.0 Å². The highest BCUT2D eigenvalue weighted by atomic mass is 35.5. The first-order valence-electron chi connectivity index (χ1n) is 5.30. The van der Waals surface area contributed by atoms with Gasteiger partial charge in [-0.15, -0.1) is 0 Å². The van der Waals surface area contributed by atoms with E-state index < -0.39 is 5.41 Å². The average Bonchev–Trinajstić information content (AvgIpc) is 2.34. The summed E-state index contributed by atoms with van der Waals surface area (Å²) < 4.78 is 4.87. The van der Waals surface area contributed by atoms with Crippen LogP contribution >= 0.6 is 11.6 Å². The maximum atomic E-state index is 11.6. The second-order valence-electron chi connectivity index (χ2n) is 4.23. The minimum absolute atomic E-state index is 0.0297. The van der Waals surface area contributed by atoms with E-state index in [-0.39, 0.29) is 23.1 Å². The van der Waals surface area contributed by atoms with Crippen LogP contribution in [0.25, 0.3) is 0 Å². The molecule has 0 spiro atoms. The Labute approximate surface area is 110 Å². The molecule has 1 rings (SSSR count). The zero-order chi connectivity index (χ0) is 13.8. The predicted molar refractivity (Wildman–Crippen MR) is 67.7 cm³/mol. The van der Waals surface area contributed by atoms with Gasteiger partial charge in [0.15, 0.2) is 0 Å². The number of nitrogens with one attached hydrogen (secondary N) is 2. The van der Waals surface area contributed by atoms with Gasteiger partial charge in [-0.1, -0.05) is 0 Å². The van der Waals surface area contributed by atoms with Crippen LogP contribution in [0.15, 0.2) is 0 Å². The second-order valence-corrected chi connectivity index (χ2v) is 4.57. The average molecular weight is 274 g/mol. The highest BCUT2D eigenvalue weighted by Gasteiger charge is 2.26. The third-order valence-corrected chi connectivity index (χ3v) is 2.47. The second kappa shape index (κ2) is 5.81. The Bertz CT molecular complexity index is 438. The van der Waals surface area contributed by atoms with E-state index in [1.807, 2.05) is 0 Å². The first-order valence-corrected chi connectivity index (χ1v) is 5.68. The number of nitrogens with zero attached hydrogens (tertiary/aromatic N) is 3. The summed E-state index contributed by atoms with van der Waals surface area (Å²) in [6.45, 7) is 3.97. The van der Waals surface area contributed by atoms with Crippen LogP contribution in [0, 0.1) is 5.41 Å². The van der Waals surface area contributed by atoms with Crippen molar-refractivity contribution in [3.63, 3.8) is 0 Å². The topological polar surface area (TPSA) is 89.0 Å². The monoisotopic (exact) mass is 273 g/mol. The standard InChI is InChI=1S/C10H16ClN5O2/c1-10(2,6(17)12-3)5-13-8-14-7(11)15-9(16-8)18-4/h5H2,1-4H3,(H,12,17)(H,13,14,15,16). The minimum Gasteiger partial charge on any atom is -0.467 e. The van der Waals surface area contributed by atoms with E-state index >= 15 is 0 Å². The smallest absolute Gasteiger partial charge is 0.322 e. The molecule has 0 atom stereocenters. The first-order chi connectivity index (χ1) is 8.39. The molecule has 0 aliphatic heterocycles. The molecule has 0 saturated carbocycles. The van der Waals surface area contributed by atoms with E-state index in [4.69, 9.17) is 16.3 Å². The number of halogens is 1. The lowest BCUT2D eigenvalue weighted by Crippen LogP contribution is -2.39. The zero-order valence-electron chi connectivity index (χ0n) is 10.7. The predicted octanol–water partition coefficient (Wildman–Crippen LogP) is 0.718. The summed E-state index contributed by atoms with van der Waals surface area (Å²) in [6, 6.07) is 0.121. The van der Waals surface area contributed by atoms with Crippen LogP contribution in [0.4, 0.5) is 5.95 Å². The molecule has 0 aliphatic rings. The summed E-state index contributed by atoms with van der Waals surface area (Å²) in [5.41, 5.74) is -0.596. The lowest BCUT2D eigenvalue weighted by molar-refractivity contribution is -0.128. The van der Waals surface area contributed by atoms with E-state index in [1.54, 1.807) is 20.9 Å². The van der Waals surface area contributed by atoms with Crippen LogP contribution in [-0.2, 0) is 4.79 Å². The molecule has 0 saturated heterocycles. The summed E-state index contributed by atoms with van der Waals surface area (Å²) >= 11 is 5.71. The number of carbonyl (C=O) groups is 1. The van der Waals surface area contributed by atoms with Gasteiger partial charge in [-0.25, -0.2) is 0 Å². The van der Waals surface area contributed by atoms with E-state index in [9.17, 15) is 4.79 Å². The van der Waals surface area contributed by atoms with Crippen LogP contribution in [0.2, 0.25) is 5.28 Å². The largest absolute Gasteiger partial charge is 0.467 e. The van der Waals surface area contributed by atoms with E-state index in [0.29, 0.717) is 6.54 Å². The molecule has 8 heteroatoms. The molecule has 0 bridgehead atoms. The van der Waals surface area contributed by atoms with Gasteiger partial charge in [0.05, 0.1) is 12.5 Å². The molecule has 1 aromatic rings. The number of ether oxygens (including phenoxy) is 1. The van der Waals surface area contributed by atoms with Crippen LogP contribution in [-0.4, -0.2) is 41.6 Å². The van der Waals surface area contributed by atoms with Crippen LogP contribution in [0.5, 0.6) is 6.01 Å². The molecule has 0 radical (unpaired) electrons. The number of anilines is 1. The van der Waals surface area contributed by atoms with Crippen LogP contribution in [0.1, 0.15) is 13.8 Å². The number of rotatable bonds is 5. The molecule has 1 aromatic heterocycles. The highest BCUT2D eigenvalue weighted by molar-refractivity contribution is 6.28. The molecule has 0 aromatic carbocycles.